The van der Waals surface area contributed by atoms with Crippen molar-refractivity contribution in [1.29, 1.82) is 0 Å². The zero-order valence-corrected chi connectivity index (χ0v) is 13.7. The van der Waals surface area contributed by atoms with E-state index in [0.29, 0.717) is 17.4 Å². The van der Waals surface area contributed by atoms with Gasteiger partial charge in [-0.05, 0) is 30.1 Å². The molecule has 0 aromatic rings. The van der Waals surface area contributed by atoms with Crippen molar-refractivity contribution < 1.29 is 5.11 Å². The summed E-state index contributed by atoms with van der Waals surface area (Å²) in [5.41, 5.74) is 0.373. The summed E-state index contributed by atoms with van der Waals surface area (Å²) in [5, 5.41) is 13.9. The minimum atomic E-state index is -0.183. The molecule has 3 unspecified atom stereocenters. The summed E-state index contributed by atoms with van der Waals surface area (Å²) in [6.45, 7) is 12.2. The minimum Gasteiger partial charge on any atom is -0.392 e. The number of hydrogen-bond acceptors (Lipinski definition) is 2. The van der Waals surface area contributed by atoms with Crippen molar-refractivity contribution in [2.75, 3.05) is 6.54 Å². The normalized spacial score (nSPS) is 26.7. The van der Waals surface area contributed by atoms with E-state index in [1.54, 1.807) is 0 Å². The summed E-state index contributed by atoms with van der Waals surface area (Å²) >= 11 is 0. The van der Waals surface area contributed by atoms with Crippen LogP contribution in [0.2, 0.25) is 0 Å². The molecule has 0 bridgehead atoms. The van der Waals surface area contributed by atoms with Gasteiger partial charge >= 0.3 is 0 Å². The fraction of sp³-hybridized carbons (Fsp3) is 1.00. The minimum absolute atomic E-state index is 0.183. The lowest BCUT2D eigenvalue weighted by molar-refractivity contribution is 0.0774. The summed E-state index contributed by atoms with van der Waals surface area (Å²) in [6.07, 6.45) is 7.29. The maximum absolute atomic E-state index is 10.3. The molecule has 0 heterocycles. The second-order valence-electron chi connectivity index (χ2n) is 7.42. The van der Waals surface area contributed by atoms with Gasteiger partial charge in [-0.2, -0.15) is 0 Å². The SMILES string of the molecule is CCC(CC)C(O)CNC1CCCCC1C(C)(C)C. The van der Waals surface area contributed by atoms with Crippen LogP contribution in [0, 0.1) is 17.3 Å². The van der Waals surface area contributed by atoms with E-state index in [1.165, 1.54) is 25.7 Å². The van der Waals surface area contributed by atoms with Crippen LogP contribution in [0.15, 0.2) is 0 Å². The molecule has 0 aliphatic heterocycles. The van der Waals surface area contributed by atoms with E-state index in [-0.39, 0.29) is 6.10 Å². The van der Waals surface area contributed by atoms with Crippen molar-refractivity contribution in [3.8, 4) is 0 Å². The highest BCUT2D eigenvalue weighted by Crippen LogP contribution is 2.38. The smallest absolute Gasteiger partial charge is 0.0692 e. The number of hydrogen-bond donors (Lipinski definition) is 2. The largest absolute Gasteiger partial charge is 0.392 e. The molecule has 0 radical (unpaired) electrons. The maximum Gasteiger partial charge on any atom is 0.0692 e. The number of aliphatic hydroxyl groups is 1. The predicted octanol–water partition coefficient (Wildman–Crippen LogP) is 3.98. The zero-order chi connectivity index (χ0) is 14.5. The van der Waals surface area contributed by atoms with Crippen LogP contribution in [-0.4, -0.2) is 23.8 Å². The van der Waals surface area contributed by atoms with Crippen LogP contribution in [0.1, 0.15) is 73.1 Å². The van der Waals surface area contributed by atoms with Gasteiger partial charge in [0.15, 0.2) is 0 Å². The fourth-order valence-corrected chi connectivity index (χ4v) is 3.68. The van der Waals surface area contributed by atoms with E-state index in [0.717, 1.165) is 25.3 Å². The average molecular weight is 269 g/mol. The van der Waals surface area contributed by atoms with Gasteiger partial charge in [-0.3, -0.25) is 0 Å². The molecule has 2 N–H and O–H groups in total. The molecule has 0 aromatic carbocycles. The molecule has 0 amide bonds. The molecule has 1 aliphatic carbocycles. The molecule has 114 valence electrons. The van der Waals surface area contributed by atoms with Crippen molar-refractivity contribution in [3.05, 3.63) is 0 Å². The van der Waals surface area contributed by atoms with E-state index < -0.39 is 0 Å². The van der Waals surface area contributed by atoms with E-state index in [9.17, 15) is 5.11 Å². The highest BCUT2D eigenvalue weighted by molar-refractivity contribution is 4.88. The first kappa shape index (κ1) is 17.0. The molecule has 19 heavy (non-hydrogen) atoms. The highest BCUT2D eigenvalue weighted by atomic mass is 16.3. The Labute approximate surface area is 120 Å². The van der Waals surface area contributed by atoms with Gasteiger partial charge in [0.1, 0.15) is 0 Å². The van der Waals surface area contributed by atoms with Crippen LogP contribution in [-0.2, 0) is 0 Å². The summed E-state index contributed by atoms with van der Waals surface area (Å²) < 4.78 is 0. The molecule has 0 spiro atoms. The van der Waals surface area contributed by atoms with Gasteiger partial charge in [-0.25, -0.2) is 0 Å². The lowest BCUT2D eigenvalue weighted by Gasteiger charge is -2.41. The lowest BCUT2D eigenvalue weighted by atomic mass is 9.69. The van der Waals surface area contributed by atoms with Crippen molar-refractivity contribution in [2.45, 2.75) is 85.3 Å². The third-order valence-corrected chi connectivity index (χ3v) is 5.06. The van der Waals surface area contributed by atoms with Crippen LogP contribution in [0.25, 0.3) is 0 Å². The Morgan fingerprint density at radius 2 is 1.68 bits per heavy atom. The average Bonchev–Trinajstić information content (AvgIpc) is 2.37. The molecule has 1 rings (SSSR count). The Hall–Kier alpha value is -0.0800. The van der Waals surface area contributed by atoms with E-state index >= 15 is 0 Å². The molecule has 1 saturated carbocycles. The predicted molar refractivity (Wildman–Crippen MR) is 83.3 cm³/mol. The molecule has 2 heteroatoms. The standard InChI is InChI=1S/C17H35NO/c1-6-13(7-2)16(19)12-18-15-11-9-8-10-14(15)17(3,4)5/h13-16,18-19H,6-12H2,1-5H3. The first-order chi connectivity index (χ1) is 8.90. The summed E-state index contributed by atoms with van der Waals surface area (Å²) in [7, 11) is 0. The van der Waals surface area contributed by atoms with Crippen molar-refractivity contribution >= 4 is 0 Å². The number of rotatable bonds is 6. The summed E-state index contributed by atoms with van der Waals surface area (Å²) in [5.74, 6) is 1.19. The molecule has 0 aromatic heterocycles. The summed E-state index contributed by atoms with van der Waals surface area (Å²) in [4.78, 5) is 0. The van der Waals surface area contributed by atoms with Crippen LogP contribution in [0.5, 0.6) is 0 Å². The topological polar surface area (TPSA) is 32.3 Å². The Kier molecular flexibility index (Phi) is 6.82. The van der Waals surface area contributed by atoms with Gasteiger partial charge in [0, 0.05) is 12.6 Å². The van der Waals surface area contributed by atoms with Gasteiger partial charge in [-0.15, -0.1) is 0 Å². The Morgan fingerprint density at radius 3 is 2.21 bits per heavy atom. The Morgan fingerprint density at radius 1 is 1.11 bits per heavy atom. The molecule has 1 aliphatic rings. The molecule has 0 saturated heterocycles. The van der Waals surface area contributed by atoms with Crippen LogP contribution in [0.3, 0.4) is 0 Å². The second-order valence-corrected chi connectivity index (χ2v) is 7.42. The van der Waals surface area contributed by atoms with Gasteiger partial charge in [-0.1, -0.05) is 60.3 Å². The van der Waals surface area contributed by atoms with Crippen molar-refractivity contribution in [1.82, 2.24) is 5.32 Å². The van der Waals surface area contributed by atoms with E-state index in [1.807, 2.05) is 0 Å². The second kappa shape index (κ2) is 7.64. The highest BCUT2D eigenvalue weighted by Gasteiger charge is 2.34. The van der Waals surface area contributed by atoms with Crippen molar-refractivity contribution in [2.24, 2.45) is 17.3 Å². The molecule has 3 atom stereocenters. The quantitative estimate of drug-likeness (QED) is 0.764. The van der Waals surface area contributed by atoms with E-state index in [4.69, 9.17) is 0 Å². The fourth-order valence-electron chi connectivity index (χ4n) is 3.68. The Bertz CT molecular complexity index is 242. The lowest BCUT2D eigenvalue weighted by Crippen LogP contribution is -2.47. The summed E-state index contributed by atoms with van der Waals surface area (Å²) in [6, 6.07) is 0.595. The van der Waals surface area contributed by atoms with Crippen LogP contribution < -0.4 is 5.32 Å². The number of nitrogens with one attached hydrogen (secondary N) is 1. The third-order valence-electron chi connectivity index (χ3n) is 5.06. The van der Waals surface area contributed by atoms with Gasteiger partial charge in [0.05, 0.1) is 6.10 Å². The van der Waals surface area contributed by atoms with Gasteiger partial charge < -0.3 is 10.4 Å². The zero-order valence-electron chi connectivity index (χ0n) is 13.7. The van der Waals surface area contributed by atoms with Crippen LogP contribution in [0.4, 0.5) is 0 Å². The first-order valence-corrected chi connectivity index (χ1v) is 8.31. The van der Waals surface area contributed by atoms with Gasteiger partial charge in [0.2, 0.25) is 0 Å². The van der Waals surface area contributed by atoms with Crippen molar-refractivity contribution in [3.63, 3.8) is 0 Å². The molecular formula is C17H35NO. The third kappa shape index (κ3) is 5.07. The molecule has 2 nitrogen and oxygen atoms in total. The monoisotopic (exact) mass is 269 g/mol. The Balaban J connectivity index is 2.49. The number of aliphatic hydroxyl groups excluding tert-OH is 1. The van der Waals surface area contributed by atoms with Gasteiger partial charge in [0.25, 0.3) is 0 Å². The molecule has 1 fully saturated rings. The first-order valence-electron chi connectivity index (χ1n) is 8.31. The maximum atomic E-state index is 10.3. The van der Waals surface area contributed by atoms with E-state index in [2.05, 4.69) is 39.9 Å². The molecular weight excluding hydrogens is 234 g/mol. The van der Waals surface area contributed by atoms with Crippen LogP contribution >= 0.6 is 0 Å².